The first-order chi connectivity index (χ1) is 9.97. The van der Waals surface area contributed by atoms with E-state index in [9.17, 15) is 9.59 Å². The zero-order valence-electron chi connectivity index (χ0n) is 11.7. The van der Waals surface area contributed by atoms with Crippen molar-refractivity contribution in [2.24, 2.45) is 0 Å². The van der Waals surface area contributed by atoms with E-state index in [4.69, 9.17) is 9.84 Å². The van der Waals surface area contributed by atoms with Crippen molar-refractivity contribution in [1.29, 1.82) is 0 Å². The van der Waals surface area contributed by atoms with Gasteiger partial charge in [-0.15, -0.1) is 11.3 Å². The third-order valence-electron chi connectivity index (χ3n) is 2.98. The third-order valence-corrected chi connectivity index (χ3v) is 3.88. The standard InChI is InChI=1S/C15H15NO4S/c1-9-3-4-11(7-10(9)2)20-8-13(17)16-12-5-6-21-14(12)15(18)19/h3-7H,8H2,1-2H3,(H,16,17)(H,18,19). The lowest BCUT2D eigenvalue weighted by molar-refractivity contribution is -0.118. The first kappa shape index (κ1) is 15.1. The van der Waals surface area contributed by atoms with Crippen LogP contribution in [0.2, 0.25) is 0 Å². The summed E-state index contributed by atoms with van der Waals surface area (Å²) in [5.74, 6) is -0.846. The van der Waals surface area contributed by atoms with Crippen LogP contribution in [-0.2, 0) is 4.79 Å². The second-order valence-corrected chi connectivity index (χ2v) is 5.47. The molecule has 110 valence electrons. The Bertz CT molecular complexity index is 678. The normalized spacial score (nSPS) is 10.2. The minimum atomic E-state index is -1.06. The molecule has 1 aromatic carbocycles. The van der Waals surface area contributed by atoms with Gasteiger partial charge in [-0.2, -0.15) is 0 Å². The number of carbonyl (C=O) groups is 2. The van der Waals surface area contributed by atoms with Crippen molar-refractivity contribution in [3.05, 3.63) is 45.6 Å². The Morgan fingerprint density at radius 1 is 1.24 bits per heavy atom. The molecule has 21 heavy (non-hydrogen) atoms. The maximum atomic E-state index is 11.8. The second-order valence-electron chi connectivity index (χ2n) is 4.55. The maximum absolute atomic E-state index is 11.8. The topological polar surface area (TPSA) is 75.6 Å². The zero-order valence-corrected chi connectivity index (χ0v) is 12.5. The summed E-state index contributed by atoms with van der Waals surface area (Å²) in [6.45, 7) is 3.79. The molecule has 0 unspecified atom stereocenters. The number of amides is 1. The van der Waals surface area contributed by atoms with Crippen LogP contribution in [0.1, 0.15) is 20.8 Å². The maximum Gasteiger partial charge on any atom is 0.348 e. The number of carbonyl (C=O) groups excluding carboxylic acids is 1. The van der Waals surface area contributed by atoms with Gasteiger partial charge in [0.2, 0.25) is 0 Å². The predicted octanol–water partition coefficient (Wildman–Crippen LogP) is 3.08. The molecule has 0 atom stereocenters. The van der Waals surface area contributed by atoms with E-state index in [1.54, 1.807) is 17.5 Å². The lowest BCUT2D eigenvalue weighted by atomic mass is 10.1. The minimum absolute atomic E-state index is 0.106. The minimum Gasteiger partial charge on any atom is -0.484 e. The van der Waals surface area contributed by atoms with Gasteiger partial charge in [0.25, 0.3) is 5.91 Å². The number of thiophene rings is 1. The van der Waals surface area contributed by atoms with Crippen molar-refractivity contribution in [2.45, 2.75) is 13.8 Å². The van der Waals surface area contributed by atoms with E-state index in [0.29, 0.717) is 11.4 Å². The van der Waals surface area contributed by atoms with Gasteiger partial charge < -0.3 is 15.2 Å². The van der Waals surface area contributed by atoms with Crippen molar-refractivity contribution in [3.63, 3.8) is 0 Å². The molecule has 1 amide bonds. The molecule has 0 fully saturated rings. The first-order valence-corrected chi connectivity index (χ1v) is 7.16. The number of anilines is 1. The Labute approximate surface area is 126 Å². The van der Waals surface area contributed by atoms with Crippen LogP contribution >= 0.6 is 11.3 Å². The van der Waals surface area contributed by atoms with Crippen molar-refractivity contribution in [2.75, 3.05) is 11.9 Å². The van der Waals surface area contributed by atoms with Crippen LogP contribution in [0.15, 0.2) is 29.6 Å². The van der Waals surface area contributed by atoms with E-state index in [1.807, 2.05) is 26.0 Å². The monoisotopic (exact) mass is 305 g/mol. The van der Waals surface area contributed by atoms with Gasteiger partial charge >= 0.3 is 5.97 Å². The lowest BCUT2D eigenvalue weighted by Gasteiger charge is -2.08. The van der Waals surface area contributed by atoms with Crippen molar-refractivity contribution in [3.8, 4) is 5.75 Å². The SMILES string of the molecule is Cc1ccc(OCC(=O)Nc2ccsc2C(=O)O)cc1C. The molecule has 0 aliphatic heterocycles. The lowest BCUT2D eigenvalue weighted by Crippen LogP contribution is -2.20. The molecule has 1 aromatic heterocycles. The summed E-state index contributed by atoms with van der Waals surface area (Å²) in [6, 6.07) is 7.13. The van der Waals surface area contributed by atoms with Gasteiger partial charge in [0.15, 0.2) is 6.61 Å². The molecular weight excluding hydrogens is 290 g/mol. The number of nitrogens with one attached hydrogen (secondary N) is 1. The predicted molar refractivity (Wildman–Crippen MR) is 81.3 cm³/mol. The van der Waals surface area contributed by atoms with E-state index in [0.717, 1.165) is 22.5 Å². The fraction of sp³-hybridized carbons (Fsp3) is 0.200. The number of hydrogen-bond acceptors (Lipinski definition) is 4. The highest BCUT2D eigenvalue weighted by molar-refractivity contribution is 7.12. The molecule has 0 radical (unpaired) electrons. The summed E-state index contributed by atoms with van der Waals surface area (Å²) in [6.07, 6.45) is 0. The van der Waals surface area contributed by atoms with E-state index in [1.165, 1.54) is 0 Å². The summed E-state index contributed by atoms with van der Waals surface area (Å²) in [5, 5.41) is 13.1. The molecule has 5 nitrogen and oxygen atoms in total. The van der Waals surface area contributed by atoms with Crippen molar-refractivity contribution in [1.82, 2.24) is 0 Å². The summed E-state index contributed by atoms with van der Waals surface area (Å²) in [5.41, 5.74) is 2.52. The van der Waals surface area contributed by atoms with Crippen LogP contribution in [0.4, 0.5) is 5.69 Å². The fourth-order valence-corrected chi connectivity index (χ4v) is 2.40. The third kappa shape index (κ3) is 3.82. The number of hydrogen-bond donors (Lipinski definition) is 2. The Hall–Kier alpha value is -2.34. The second kappa shape index (κ2) is 6.41. The van der Waals surface area contributed by atoms with Gasteiger partial charge in [-0.25, -0.2) is 4.79 Å². The van der Waals surface area contributed by atoms with Crippen LogP contribution in [0, 0.1) is 13.8 Å². The molecule has 0 spiro atoms. The number of rotatable bonds is 5. The molecule has 0 saturated carbocycles. The summed E-state index contributed by atoms with van der Waals surface area (Å²) in [4.78, 5) is 22.8. The quantitative estimate of drug-likeness (QED) is 0.890. The van der Waals surface area contributed by atoms with E-state index in [2.05, 4.69) is 5.32 Å². The zero-order chi connectivity index (χ0) is 15.4. The van der Waals surface area contributed by atoms with Gasteiger partial charge in [0, 0.05) is 0 Å². The van der Waals surface area contributed by atoms with Gasteiger partial charge in [0.05, 0.1) is 5.69 Å². The number of ether oxygens (including phenoxy) is 1. The molecule has 0 bridgehead atoms. The summed E-state index contributed by atoms with van der Waals surface area (Å²) < 4.78 is 5.40. The smallest absolute Gasteiger partial charge is 0.348 e. The number of aryl methyl sites for hydroxylation is 2. The van der Waals surface area contributed by atoms with Crippen LogP contribution in [-0.4, -0.2) is 23.6 Å². The number of aromatic carboxylic acids is 1. The highest BCUT2D eigenvalue weighted by atomic mass is 32.1. The molecule has 2 N–H and O–H groups in total. The highest BCUT2D eigenvalue weighted by Crippen LogP contribution is 2.22. The van der Waals surface area contributed by atoms with Crippen molar-refractivity contribution >= 4 is 28.9 Å². The Morgan fingerprint density at radius 2 is 2.00 bits per heavy atom. The van der Waals surface area contributed by atoms with Crippen LogP contribution in [0.25, 0.3) is 0 Å². The average Bonchev–Trinajstić information content (AvgIpc) is 2.88. The number of carboxylic acid groups (broad SMARTS) is 1. The Balaban J connectivity index is 1.94. The van der Waals surface area contributed by atoms with E-state index in [-0.39, 0.29) is 11.5 Å². The van der Waals surface area contributed by atoms with Gasteiger partial charge in [-0.05, 0) is 48.6 Å². The van der Waals surface area contributed by atoms with Crippen LogP contribution in [0.3, 0.4) is 0 Å². The van der Waals surface area contributed by atoms with Crippen LogP contribution in [0.5, 0.6) is 5.75 Å². The number of benzene rings is 1. The van der Waals surface area contributed by atoms with Gasteiger partial charge in [0.1, 0.15) is 10.6 Å². The molecule has 0 aliphatic carbocycles. The highest BCUT2D eigenvalue weighted by Gasteiger charge is 2.14. The summed E-state index contributed by atoms with van der Waals surface area (Å²) in [7, 11) is 0. The molecule has 0 saturated heterocycles. The van der Waals surface area contributed by atoms with Gasteiger partial charge in [-0.3, -0.25) is 4.79 Å². The van der Waals surface area contributed by atoms with Crippen molar-refractivity contribution < 1.29 is 19.4 Å². The first-order valence-electron chi connectivity index (χ1n) is 6.28. The fourth-order valence-electron chi connectivity index (χ4n) is 1.71. The molecule has 0 aliphatic rings. The molecule has 2 aromatic rings. The van der Waals surface area contributed by atoms with E-state index >= 15 is 0 Å². The molecule has 1 heterocycles. The average molecular weight is 305 g/mol. The molecular formula is C15H15NO4S. The molecule has 2 rings (SSSR count). The Morgan fingerprint density at radius 3 is 2.67 bits per heavy atom. The summed E-state index contributed by atoms with van der Waals surface area (Å²) >= 11 is 1.06. The molecule has 6 heteroatoms. The Kier molecular flexibility index (Phi) is 4.59. The largest absolute Gasteiger partial charge is 0.484 e. The number of carboxylic acids is 1. The van der Waals surface area contributed by atoms with Gasteiger partial charge in [-0.1, -0.05) is 6.07 Å². The van der Waals surface area contributed by atoms with Crippen LogP contribution < -0.4 is 10.1 Å². The van der Waals surface area contributed by atoms with E-state index < -0.39 is 11.9 Å².